The van der Waals surface area contributed by atoms with E-state index in [0.29, 0.717) is 19.1 Å². The van der Waals surface area contributed by atoms with Gasteiger partial charge in [0.25, 0.3) is 0 Å². The van der Waals surface area contributed by atoms with Gasteiger partial charge < -0.3 is 18.6 Å². The minimum absolute atomic E-state index is 0.452. The molecule has 0 fully saturated rings. The van der Waals surface area contributed by atoms with Crippen LogP contribution in [-0.2, 0) is 0 Å². The van der Waals surface area contributed by atoms with Gasteiger partial charge in [-0.1, -0.05) is 6.92 Å². The third-order valence-electron chi connectivity index (χ3n) is 3.38. The number of rotatable bonds is 9. The highest BCUT2D eigenvalue weighted by Gasteiger charge is 2.03. The average molecular weight is 340 g/mol. The van der Waals surface area contributed by atoms with Gasteiger partial charge in [-0.2, -0.15) is 0 Å². The summed E-state index contributed by atoms with van der Waals surface area (Å²) < 4.78 is 22.0. The highest BCUT2D eigenvalue weighted by Crippen LogP contribution is 2.20. The van der Waals surface area contributed by atoms with Crippen LogP contribution in [0.3, 0.4) is 0 Å². The van der Waals surface area contributed by atoms with Gasteiger partial charge in [0, 0.05) is 5.56 Å². The number of aromatic nitrogens is 2. The molecular formula is C19H20N2O4. The summed E-state index contributed by atoms with van der Waals surface area (Å²) in [6.45, 7) is 3.71. The highest BCUT2D eigenvalue weighted by atomic mass is 16.5. The van der Waals surface area contributed by atoms with Gasteiger partial charge >= 0.3 is 0 Å². The summed E-state index contributed by atoms with van der Waals surface area (Å²) >= 11 is 0. The van der Waals surface area contributed by atoms with Crippen molar-refractivity contribution in [2.24, 2.45) is 0 Å². The second kappa shape index (κ2) is 8.73. The van der Waals surface area contributed by atoms with Crippen molar-refractivity contribution in [3.05, 3.63) is 54.9 Å². The van der Waals surface area contributed by atoms with Crippen molar-refractivity contribution in [1.29, 1.82) is 0 Å². The quantitative estimate of drug-likeness (QED) is 0.549. The van der Waals surface area contributed by atoms with E-state index in [1.807, 2.05) is 48.5 Å². The maximum Gasteiger partial charge on any atom is 0.247 e. The van der Waals surface area contributed by atoms with Crippen LogP contribution in [0, 0.1) is 0 Å². The van der Waals surface area contributed by atoms with Gasteiger partial charge in [0.1, 0.15) is 30.5 Å². The SMILES string of the molecule is CCCOc1ccc(OCCOc2ccc(-c3nnco3)cc2)cc1. The first kappa shape index (κ1) is 16.8. The minimum atomic E-state index is 0.452. The highest BCUT2D eigenvalue weighted by molar-refractivity contribution is 5.53. The van der Waals surface area contributed by atoms with Gasteiger partial charge in [0.2, 0.25) is 12.3 Å². The summed E-state index contributed by atoms with van der Waals surface area (Å²) in [7, 11) is 0. The van der Waals surface area contributed by atoms with E-state index >= 15 is 0 Å². The summed E-state index contributed by atoms with van der Waals surface area (Å²) in [5.74, 6) is 2.89. The molecule has 0 amide bonds. The Bertz CT molecular complexity index is 740. The van der Waals surface area contributed by atoms with Gasteiger partial charge in [0.05, 0.1) is 6.61 Å². The van der Waals surface area contributed by atoms with Crippen LogP contribution < -0.4 is 14.2 Å². The zero-order chi connectivity index (χ0) is 17.3. The van der Waals surface area contributed by atoms with Crippen LogP contribution in [0.4, 0.5) is 0 Å². The lowest BCUT2D eigenvalue weighted by Gasteiger charge is -2.09. The van der Waals surface area contributed by atoms with Gasteiger partial charge in [-0.05, 0) is 55.0 Å². The summed E-state index contributed by atoms with van der Waals surface area (Å²) in [5, 5.41) is 7.52. The van der Waals surface area contributed by atoms with E-state index in [4.69, 9.17) is 18.6 Å². The van der Waals surface area contributed by atoms with Crippen LogP contribution in [0.1, 0.15) is 13.3 Å². The molecule has 3 aromatic rings. The molecule has 0 atom stereocenters. The summed E-state index contributed by atoms with van der Waals surface area (Å²) in [6, 6.07) is 15.1. The zero-order valence-electron chi connectivity index (χ0n) is 14.1. The summed E-state index contributed by atoms with van der Waals surface area (Å²) in [5.41, 5.74) is 0.853. The van der Waals surface area contributed by atoms with Crippen molar-refractivity contribution < 1.29 is 18.6 Å². The van der Waals surface area contributed by atoms with Crippen molar-refractivity contribution in [1.82, 2.24) is 10.2 Å². The van der Waals surface area contributed by atoms with Crippen LogP contribution in [0.2, 0.25) is 0 Å². The third-order valence-corrected chi connectivity index (χ3v) is 3.38. The van der Waals surface area contributed by atoms with Crippen LogP contribution >= 0.6 is 0 Å². The van der Waals surface area contributed by atoms with Gasteiger partial charge in [0.15, 0.2) is 0 Å². The van der Waals surface area contributed by atoms with E-state index < -0.39 is 0 Å². The number of ether oxygens (including phenoxy) is 3. The number of nitrogens with zero attached hydrogens (tertiary/aromatic N) is 2. The molecule has 6 heteroatoms. The Hall–Kier alpha value is -3.02. The largest absolute Gasteiger partial charge is 0.494 e. The first-order valence-electron chi connectivity index (χ1n) is 8.20. The Morgan fingerprint density at radius 3 is 1.76 bits per heavy atom. The molecule has 0 aliphatic rings. The molecule has 1 heterocycles. The first-order chi connectivity index (χ1) is 12.3. The second-order valence-electron chi connectivity index (χ2n) is 5.29. The molecule has 1 aromatic heterocycles. The molecule has 3 rings (SSSR count). The fraction of sp³-hybridized carbons (Fsp3) is 0.263. The Morgan fingerprint density at radius 1 is 0.760 bits per heavy atom. The van der Waals surface area contributed by atoms with E-state index in [0.717, 1.165) is 35.8 Å². The van der Waals surface area contributed by atoms with E-state index in [9.17, 15) is 0 Å². The topological polar surface area (TPSA) is 66.6 Å². The predicted octanol–water partition coefficient (Wildman–Crippen LogP) is 3.98. The smallest absolute Gasteiger partial charge is 0.247 e. The zero-order valence-corrected chi connectivity index (χ0v) is 14.1. The van der Waals surface area contributed by atoms with E-state index in [2.05, 4.69) is 17.1 Å². The van der Waals surface area contributed by atoms with E-state index in [-0.39, 0.29) is 0 Å². The van der Waals surface area contributed by atoms with Gasteiger partial charge in [-0.25, -0.2) is 0 Å². The lowest BCUT2D eigenvalue weighted by molar-refractivity contribution is 0.217. The Kier molecular flexibility index (Phi) is 5.87. The van der Waals surface area contributed by atoms with Crippen LogP contribution in [0.5, 0.6) is 17.2 Å². The number of hydrogen-bond donors (Lipinski definition) is 0. The Morgan fingerprint density at radius 2 is 1.28 bits per heavy atom. The van der Waals surface area contributed by atoms with Crippen molar-refractivity contribution >= 4 is 0 Å². The molecule has 2 aromatic carbocycles. The summed E-state index contributed by atoms with van der Waals surface area (Å²) in [4.78, 5) is 0. The lowest BCUT2D eigenvalue weighted by Crippen LogP contribution is -2.08. The van der Waals surface area contributed by atoms with E-state index in [1.165, 1.54) is 6.39 Å². The summed E-state index contributed by atoms with van der Waals surface area (Å²) in [6.07, 6.45) is 2.30. The molecule has 0 bridgehead atoms. The predicted molar refractivity (Wildman–Crippen MR) is 93.0 cm³/mol. The van der Waals surface area contributed by atoms with Crippen LogP contribution in [0.25, 0.3) is 11.5 Å². The fourth-order valence-electron chi connectivity index (χ4n) is 2.16. The van der Waals surface area contributed by atoms with Gasteiger partial charge in [-0.3, -0.25) is 0 Å². The first-order valence-corrected chi connectivity index (χ1v) is 8.20. The molecule has 0 N–H and O–H groups in total. The monoisotopic (exact) mass is 340 g/mol. The second-order valence-corrected chi connectivity index (χ2v) is 5.29. The molecule has 130 valence electrons. The Labute approximate surface area is 146 Å². The van der Waals surface area contributed by atoms with E-state index in [1.54, 1.807) is 0 Å². The molecule has 0 aliphatic heterocycles. The maximum absolute atomic E-state index is 5.66. The molecule has 0 radical (unpaired) electrons. The minimum Gasteiger partial charge on any atom is -0.494 e. The average Bonchev–Trinajstić information content (AvgIpc) is 3.20. The molecule has 0 saturated carbocycles. The number of hydrogen-bond acceptors (Lipinski definition) is 6. The third kappa shape index (κ3) is 4.97. The van der Waals surface area contributed by atoms with Crippen LogP contribution in [-0.4, -0.2) is 30.0 Å². The van der Waals surface area contributed by atoms with Crippen molar-refractivity contribution in [2.75, 3.05) is 19.8 Å². The standard InChI is InChI=1S/C19H20N2O4/c1-2-11-22-17-7-9-18(10-8-17)24-13-12-23-16-5-3-15(4-6-16)19-21-20-14-25-19/h3-10,14H,2,11-13H2,1H3. The normalized spacial score (nSPS) is 10.4. The van der Waals surface area contributed by atoms with Crippen molar-refractivity contribution in [3.63, 3.8) is 0 Å². The maximum atomic E-state index is 5.66. The molecule has 0 aliphatic carbocycles. The molecular weight excluding hydrogens is 320 g/mol. The lowest BCUT2D eigenvalue weighted by atomic mass is 10.2. The molecule has 6 nitrogen and oxygen atoms in total. The molecule has 0 spiro atoms. The van der Waals surface area contributed by atoms with Crippen molar-refractivity contribution in [2.45, 2.75) is 13.3 Å². The number of benzene rings is 2. The molecule has 0 unspecified atom stereocenters. The van der Waals surface area contributed by atoms with Gasteiger partial charge in [-0.15, -0.1) is 10.2 Å². The Balaban J connectivity index is 1.41. The molecule has 0 saturated heterocycles. The van der Waals surface area contributed by atoms with Crippen molar-refractivity contribution in [3.8, 4) is 28.7 Å². The molecule has 25 heavy (non-hydrogen) atoms. The fourth-order valence-corrected chi connectivity index (χ4v) is 2.16. The van der Waals surface area contributed by atoms with Crippen LogP contribution in [0.15, 0.2) is 59.3 Å².